The number of hydrogen-bond donors (Lipinski definition) is 1. The van der Waals surface area contributed by atoms with Crippen molar-refractivity contribution in [2.24, 2.45) is 0 Å². The third-order valence-electron chi connectivity index (χ3n) is 5.01. The van der Waals surface area contributed by atoms with Crippen molar-refractivity contribution in [1.82, 2.24) is 5.32 Å². The monoisotopic (exact) mass is 402 g/mol. The van der Waals surface area contributed by atoms with Gasteiger partial charge in [0.1, 0.15) is 6.04 Å². The Morgan fingerprint density at radius 3 is 2.43 bits per heavy atom. The van der Waals surface area contributed by atoms with Crippen molar-refractivity contribution in [3.8, 4) is 11.5 Å². The first kappa shape index (κ1) is 20.2. The second-order valence-corrected chi connectivity index (χ2v) is 7.82. The molecular weight excluding hydrogens is 376 g/mol. The summed E-state index contributed by atoms with van der Waals surface area (Å²) in [7, 11) is 3.10. The van der Waals surface area contributed by atoms with Gasteiger partial charge in [0.25, 0.3) is 0 Å². The molecule has 28 heavy (non-hydrogen) atoms. The quantitative estimate of drug-likeness (QED) is 0.762. The SMILES string of the molecule is COc1ccc(N(C(C)=O)C(C(=O)NC2CCCC2)c2cccs2)cc1OC. The summed E-state index contributed by atoms with van der Waals surface area (Å²) in [5.41, 5.74) is 0.588. The highest BCUT2D eigenvalue weighted by Crippen LogP contribution is 2.36. The normalized spacial score (nSPS) is 15.1. The molecule has 1 aromatic carbocycles. The Hall–Kier alpha value is -2.54. The predicted octanol–water partition coefficient (Wildman–Crippen LogP) is 3.92. The van der Waals surface area contributed by atoms with E-state index in [9.17, 15) is 9.59 Å². The molecule has 0 bridgehead atoms. The molecule has 6 nitrogen and oxygen atoms in total. The van der Waals surface area contributed by atoms with Gasteiger partial charge in [-0.3, -0.25) is 14.5 Å². The molecule has 7 heteroatoms. The highest BCUT2D eigenvalue weighted by Gasteiger charge is 2.33. The Kier molecular flexibility index (Phi) is 6.57. The fourth-order valence-electron chi connectivity index (χ4n) is 3.66. The fraction of sp³-hybridized carbons (Fsp3) is 0.429. The summed E-state index contributed by atoms with van der Waals surface area (Å²) < 4.78 is 10.7. The molecule has 0 saturated heterocycles. The first-order valence-corrected chi connectivity index (χ1v) is 10.3. The van der Waals surface area contributed by atoms with Crippen LogP contribution in [0.3, 0.4) is 0 Å². The maximum atomic E-state index is 13.2. The summed E-state index contributed by atoms with van der Waals surface area (Å²) >= 11 is 1.46. The minimum absolute atomic E-state index is 0.153. The number of methoxy groups -OCH3 is 2. The Morgan fingerprint density at radius 1 is 1.14 bits per heavy atom. The maximum absolute atomic E-state index is 13.2. The average molecular weight is 403 g/mol. The maximum Gasteiger partial charge on any atom is 0.248 e. The summed E-state index contributed by atoms with van der Waals surface area (Å²) in [4.78, 5) is 28.2. The second kappa shape index (κ2) is 9.10. The van der Waals surface area contributed by atoms with Gasteiger partial charge in [0, 0.05) is 29.6 Å². The van der Waals surface area contributed by atoms with Crippen LogP contribution in [-0.2, 0) is 9.59 Å². The Bertz CT molecular complexity index is 816. The van der Waals surface area contributed by atoms with Crippen molar-refractivity contribution < 1.29 is 19.1 Å². The molecule has 0 spiro atoms. The minimum Gasteiger partial charge on any atom is -0.493 e. The summed E-state index contributed by atoms with van der Waals surface area (Å²) in [5.74, 6) is 0.705. The second-order valence-electron chi connectivity index (χ2n) is 6.84. The summed E-state index contributed by atoms with van der Waals surface area (Å²) in [6, 6.07) is 8.47. The lowest BCUT2D eigenvalue weighted by atomic mass is 10.1. The molecule has 2 amide bonds. The summed E-state index contributed by atoms with van der Waals surface area (Å²) in [6.07, 6.45) is 4.22. The van der Waals surface area contributed by atoms with E-state index < -0.39 is 6.04 Å². The van der Waals surface area contributed by atoms with Gasteiger partial charge in [0.2, 0.25) is 11.8 Å². The highest BCUT2D eigenvalue weighted by molar-refractivity contribution is 7.10. The number of anilines is 1. The van der Waals surface area contributed by atoms with Gasteiger partial charge in [-0.25, -0.2) is 0 Å². The number of benzene rings is 1. The van der Waals surface area contributed by atoms with Crippen molar-refractivity contribution in [2.45, 2.75) is 44.7 Å². The Balaban J connectivity index is 1.99. The lowest BCUT2D eigenvalue weighted by Crippen LogP contribution is -2.45. The lowest BCUT2D eigenvalue weighted by molar-refractivity contribution is -0.126. The Morgan fingerprint density at radius 2 is 1.86 bits per heavy atom. The molecule has 3 rings (SSSR count). The smallest absolute Gasteiger partial charge is 0.248 e. The van der Waals surface area contributed by atoms with Gasteiger partial charge in [0.15, 0.2) is 11.5 Å². The molecule has 1 aromatic heterocycles. The summed E-state index contributed by atoms with van der Waals surface area (Å²) in [6.45, 7) is 1.47. The standard InChI is InChI=1S/C21H26N2O4S/c1-14(24)23(16-10-11-17(26-2)18(13-16)27-3)20(19-9-6-12-28-19)21(25)22-15-7-4-5-8-15/h6,9-13,15,20H,4-5,7-8H2,1-3H3,(H,22,25). The number of carbonyl (C=O) groups excluding carboxylic acids is 2. The molecular formula is C21H26N2O4S. The largest absolute Gasteiger partial charge is 0.493 e. The van der Waals surface area contributed by atoms with Crippen LogP contribution in [0.25, 0.3) is 0 Å². The zero-order chi connectivity index (χ0) is 20.1. The van der Waals surface area contributed by atoms with Gasteiger partial charge in [-0.05, 0) is 36.4 Å². The first-order chi connectivity index (χ1) is 13.5. The zero-order valence-electron chi connectivity index (χ0n) is 16.4. The van der Waals surface area contributed by atoms with E-state index in [-0.39, 0.29) is 17.9 Å². The van der Waals surface area contributed by atoms with Crippen LogP contribution in [0.4, 0.5) is 5.69 Å². The van der Waals surface area contributed by atoms with Crippen molar-refractivity contribution in [3.05, 3.63) is 40.6 Å². The molecule has 1 aliphatic rings. The Labute approximate surface area is 169 Å². The van der Waals surface area contributed by atoms with Gasteiger partial charge < -0.3 is 14.8 Å². The number of nitrogens with zero attached hydrogens (tertiary/aromatic N) is 1. The van der Waals surface area contributed by atoms with Crippen LogP contribution < -0.4 is 19.7 Å². The molecule has 0 aliphatic heterocycles. The molecule has 0 radical (unpaired) electrons. The van der Waals surface area contributed by atoms with Gasteiger partial charge >= 0.3 is 0 Å². The lowest BCUT2D eigenvalue weighted by Gasteiger charge is -2.31. The number of thiophene rings is 1. The first-order valence-electron chi connectivity index (χ1n) is 9.40. The van der Waals surface area contributed by atoms with Crippen LogP contribution in [0.5, 0.6) is 11.5 Å². The van der Waals surface area contributed by atoms with Crippen LogP contribution in [0.2, 0.25) is 0 Å². The fourth-order valence-corrected chi connectivity index (χ4v) is 4.47. The van der Waals surface area contributed by atoms with Gasteiger partial charge in [-0.1, -0.05) is 18.9 Å². The van der Waals surface area contributed by atoms with Crippen LogP contribution in [-0.4, -0.2) is 32.1 Å². The summed E-state index contributed by atoms with van der Waals surface area (Å²) in [5, 5.41) is 5.06. The van der Waals surface area contributed by atoms with E-state index in [1.54, 1.807) is 32.4 Å². The van der Waals surface area contributed by atoms with Gasteiger partial charge in [-0.15, -0.1) is 11.3 Å². The van der Waals surface area contributed by atoms with Crippen molar-refractivity contribution >= 4 is 28.8 Å². The number of rotatable bonds is 7. The van der Waals surface area contributed by atoms with Crippen LogP contribution in [0.1, 0.15) is 43.5 Å². The molecule has 2 aromatic rings. The van der Waals surface area contributed by atoms with E-state index in [2.05, 4.69) is 5.32 Å². The average Bonchev–Trinajstić information content (AvgIpc) is 3.39. The van der Waals surface area contributed by atoms with Crippen LogP contribution in [0.15, 0.2) is 35.7 Å². The van der Waals surface area contributed by atoms with Gasteiger partial charge in [-0.2, -0.15) is 0 Å². The number of nitrogens with one attached hydrogen (secondary N) is 1. The number of amides is 2. The number of hydrogen-bond acceptors (Lipinski definition) is 5. The van der Waals surface area contributed by atoms with Crippen molar-refractivity contribution in [3.63, 3.8) is 0 Å². The van der Waals surface area contributed by atoms with E-state index in [4.69, 9.17) is 9.47 Å². The van der Waals surface area contributed by atoms with Crippen molar-refractivity contribution in [1.29, 1.82) is 0 Å². The molecule has 1 aliphatic carbocycles. The molecule has 1 heterocycles. The van der Waals surface area contributed by atoms with E-state index in [1.807, 2.05) is 17.5 Å². The van der Waals surface area contributed by atoms with Crippen LogP contribution >= 0.6 is 11.3 Å². The van der Waals surface area contributed by atoms with E-state index >= 15 is 0 Å². The molecule has 1 fully saturated rings. The molecule has 150 valence electrons. The third-order valence-corrected chi connectivity index (χ3v) is 5.93. The third kappa shape index (κ3) is 4.30. The molecule has 1 saturated carbocycles. The molecule has 1 unspecified atom stereocenters. The highest BCUT2D eigenvalue weighted by atomic mass is 32.1. The zero-order valence-corrected chi connectivity index (χ0v) is 17.3. The van der Waals surface area contributed by atoms with E-state index in [0.717, 1.165) is 30.6 Å². The van der Waals surface area contributed by atoms with E-state index in [1.165, 1.54) is 23.2 Å². The molecule has 1 N–H and O–H groups in total. The predicted molar refractivity (Wildman–Crippen MR) is 110 cm³/mol. The molecule has 1 atom stereocenters. The number of ether oxygens (including phenoxy) is 2. The minimum atomic E-state index is -0.726. The topological polar surface area (TPSA) is 67.9 Å². The van der Waals surface area contributed by atoms with Crippen molar-refractivity contribution in [2.75, 3.05) is 19.1 Å². The van der Waals surface area contributed by atoms with Gasteiger partial charge in [0.05, 0.1) is 14.2 Å². The number of carbonyl (C=O) groups is 2. The van der Waals surface area contributed by atoms with E-state index in [0.29, 0.717) is 17.2 Å². The van der Waals surface area contributed by atoms with Crippen LogP contribution in [0, 0.1) is 0 Å².